The Balaban J connectivity index is 1.68. The highest BCUT2D eigenvalue weighted by molar-refractivity contribution is 6.17. The maximum absolute atomic E-state index is 5.53. The molecule has 0 aliphatic heterocycles. The highest BCUT2D eigenvalue weighted by Gasteiger charge is 1.95. The molecule has 0 amide bonds. The molecule has 6 nitrogen and oxygen atoms in total. The average molecular weight is 391 g/mol. The van der Waals surface area contributed by atoms with Crippen LogP contribution in [0.4, 0.5) is 0 Å². The van der Waals surface area contributed by atoms with Crippen molar-refractivity contribution in [3.8, 4) is 0 Å². The number of hydrogen-bond donors (Lipinski definition) is 0. The summed E-state index contributed by atoms with van der Waals surface area (Å²) in [5.41, 5.74) is 1.17. The van der Waals surface area contributed by atoms with Crippen LogP contribution < -0.4 is 0 Å². The molecule has 1 rings (SSSR count). The Hall–Kier alpha value is -0.730. The minimum atomic E-state index is 0.510. The molecule has 0 saturated heterocycles. The van der Waals surface area contributed by atoms with Crippen LogP contribution in [0.5, 0.6) is 0 Å². The molecule has 1 aromatic rings. The summed E-state index contributed by atoms with van der Waals surface area (Å²) in [4.78, 5) is 0. The Morgan fingerprint density at radius 3 is 1.31 bits per heavy atom. The van der Waals surface area contributed by atoms with Crippen LogP contribution in [0.15, 0.2) is 30.3 Å². The van der Waals surface area contributed by atoms with Crippen molar-refractivity contribution in [2.75, 3.05) is 78.6 Å². The van der Waals surface area contributed by atoms with Crippen molar-refractivity contribution >= 4 is 11.6 Å². The largest absolute Gasteiger partial charge is 0.378 e. The molecular weight excluding hydrogens is 360 g/mol. The second-order valence-corrected chi connectivity index (χ2v) is 5.67. The summed E-state index contributed by atoms with van der Waals surface area (Å²) in [5, 5.41) is 0. The summed E-state index contributed by atoms with van der Waals surface area (Å²) in [5.74, 6) is 0.510. The summed E-state index contributed by atoms with van der Waals surface area (Å²) in [6, 6.07) is 10.1. The normalized spacial score (nSPS) is 11.1. The first-order valence-corrected chi connectivity index (χ1v) is 9.53. The SMILES string of the molecule is ClCCOCCOCCOCCOCCOCCOCc1ccccc1. The minimum absolute atomic E-state index is 0.510. The molecule has 0 heterocycles. The summed E-state index contributed by atoms with van der Waals surface area (Å²) < 4.78 is 32.3. The van der Waals surface area contributed by atoms with Crippen molar-refractivity contribution in [2.45, 2.75) is 6.61 Å². The van der Waals surface area contributed by atoms with Crippen LogP contribution in [0.25, 0.3) is 0 Å². The number of hydrogen-bond acceptors (Lipinski definition) is 6. The van der Waals surface area contributed by atoms with Crippen molar-refractivity contribution in [2.24, 2.45) is 0 Å². The van der Waals surface area contributed by atoms with E-state index < -0.39 is 0 Å². The van der Waals surface area contributed by atoms with E-state index in [1.807, 2.05) is 30.3 Å². The third-order valence-electron chi connectivity index (χ3n) is 3.19. The molecule has 0 radical (unpaired) electrons. The Labute approximate surface area is 161 Å². The average Bonchev–Trinajstić information content (AvgIpc) is 2.68. The molecular formula is C19H31ClO6. The number of ether oxygens (including phenoxy) is 6. The number of alkyl halides is 1. The molecule has 26 heavy (non-hydrogen) atoms. The van der Waals surface area contributed by atoms with Crippen LogP contribution >= 0.6 is 11.6 Å². The lowest BCUT2D eigenvalue weighted by Crippen LogP contribution is -2.14. The summed E-state index contributed by atoms with van der Waals surface area (Å²) in [6.45, 7) is 6.75. The predicted octanol–water partition coefficient (Wildman–Crippen LogP) is 2.53. The lowest BCUT2D eigenvalue weighted by atomic mass is 10.2. The number of benzene rings is 1. The molecule has 0 unspecified atom stereocenters. The molecule has 0 spiro atoms. The van der Waals surface area contributed by atoms with Gasteiger partial charge in [0.25, 0.3) is 0 Å². The van der Waals surface area contributed by atoms with Gasteiger partial charge in [-0.2, -0.15) is 0 Å². The molecule has 0 aliphatic carbocycles. The molecule has 0 aliphatic rings. The van der Waals surface area contributed by atoms with Crippen molar-refractivity contribution in [1.82, 2.24) is 0 Å². The van der Waals surface area contributed by atoms with Gasteiger partial charge in [0.2, 0.25) is 0 Å². The van der Waals surface area contributed by atoms with Crippen LogP contribution in [-0.4, -0.2) is 78.6 Å². The van der Waals surface area contributed by atoms with E-state index in [0.717, 1.165) is 0 Å². The van der Waals surface area contributed by atoms with E-state index >= 15 is 0 Å². The summed E-state index contributed by atoms with van der Waals surface area (Å²) in [7, 11) is 0. The molecule has 0 N–H and O–H groups in total. The van der Waals surface area contributed by atoms with E-state index in [1.54, 1.807) is 0 Å². The fourth-order valence-corrected chi connectivity index (χ4v) is 2.03. The lowest BCUT2D eigenvalue weighted by molar-refractivity contribution is -0.0171. The van der Waals surface area contributed by atoms with Gasteiger partial charge in [-0.25, -0.2) is 0 Å². The lowest BCUT2D eigenvalue weighted by Gasteiger charge is -2.08. The Morgan fingerprint density at radius 1 is 0.500 bits per heavy atom. The number of rotatable bonds is 19. The van der Waals surface area contributed by atoms with Gasteiger partial charge >= 0.3 is 0 Å². The third-order valence-corrected chi connectivity index (χ3v) is 3.35. The van der Waals surface area contributed by atoms with Crippen LogP contribution in [-0.2, 0) is 35.0 Å². The third kappa shape index (κ3) is 15.5. The van der Waals surface area contributed by atoms with E-state index in [1.165, 1.54) is 5.56 Å². The molecule has 1 aromatic carbocycles. The highest BCUT2D eigenvalue weighted by atomic mass is 35.5. The Bertz CT molecular complexity index is 393. The minimum Gasteiger partial charge on any atom is -0.378 e. The van der Waals surface area contributed by atoms with E-state index in [4.69, 9.17) is 40.0 Å². The molecule has 0 saturated carbocycles. The van der Waals surface area contributed by atoms with Gasteiger partial charge in [0.05, 0.1) is 79.3 Å². The van der Waals surface area contributed by atoms with Crippen LogP contribution in [0, 0.1) is 0 Å². The van der Waals surface area contributed by atoms with Gasteiger partial charge in [0, 0.05) is 5.88 Å². The number of halogens is 1. The second-order valence-electron chi connectivity index (χ2n) is 5.29. The zero-order valence-electron chi connectivity index (χ0n) is 15.4. The first kappa shape index (κ1) is 23.3. The summed E-state index contributed by atoms with van der Waals surface area (Å²) >= 11 is 5.48. The molecule has 150 valence electrons. The van der Waals surface area contributed by atoms with Crippen molar-refractivity contribution in [1.29, 1.82) is 0 Å². The van der Waals surface area contributed by atoms with Crippen LogP contribution in [0.3, 0.4) is 0 Å². The predicted molar refractivity (Wildman–Crippen MR) is 101 cm³/mol. The van der Waals surface area contributed by atoms with Crippen molar-refractivity contribution < 1.29 is 28.4 Å². The second kappa shape index (κ2) is 19.0. The smallest absolute Gasteiger partial charge is 0.0718 e. The molecule has 7 heteroatoms. The standard InChI is InChI=1S/C19H31ClO6/c20-6-7-21-8-9-22-10-11-23-12-13-24-14-15-25-16-17-26-18-19-4-2-1-3-5-19/h1-5H,6-18H2. The van der Waals surface area contributed by atoms with Gasteiger partial charge in [-0.1, -0.05) is 30.3 Å². The Kier molecular flexibility index (Phi) is 17.1. The molecule has 0 fully saturated rings. The molecule has 0 aromatic heterocycles. The van der Waals surface area contributed by atoms with E-state index in [2.05, 4.69) is 0 Å². The van der Waals surface area contributed by atoms with Gasteiger partial charge in [0.15, 0.2) is 0 Å². The zero-order valence-corrected chi connectivity index (χ0v) is 16.2. The van der Waals surface area contributed by atoms with Crippen LogP contribution in [0.2, 0.25) is 0 Å². The maximum atomic E-state index is 5.53. The van der Waals surface area contributed by atoms with Crippen molar-refractivity contribution in [3.63, 3.8) is 0 Å². The topological polar surface area (TPSA) is 55.4 Å². The maximum Gasteiger partial charge on any atom is 0.0718 e. The van der Waals surface area contributed by atoms with Gasteiger partial charge in [-0.3, -0.25) is 0 Å². The quantitative estimate of drug-likeness (QED) is 0.267. The van der Waals surface area contributed by atoms with Gasteiger partial charge in [0.1, 0.15) is 0 Å². The van der Waals surface area contributed by atoms with Gasteiger partial charge in [-0.05, 0) is 5.56 Å². The van der Waals surface area contributed by atoms with Gasteiger partial charge in [-0.15, -0.1) is 11.6 Å². The zero-order chi connectivity index (χ0) is 18.5. The highest BCUT2D eigenvalue weighted by Crippen LogP contribution is 1.99. The van der Waals surface area contributed by atoms with E-state index in [9.17, 15) is 0 Å². The van der Waals surface area contributed by atoms with Gasteiger partial charge < -0.3 is 28.4 Å². The fraction of sp³-hybridized carbons (Fsp3) is 0.684. The van der Waals surface area contributed by atoms with Crippen LogP contribution in [0.1, 0.15) is 5.56 Å². The molecule has 0 atom stereocenters. The summed E-state index contributed by atoms with van der Waals surface area (Å²) in [6.07, 6.45) is 0. The van der Waals surface area contributed by atoms with E-state index in [-0.39, 0.29) is 0 Å². The van der Waals surface area contributed by atoms with E-state index in [0.29, 0.717) is 85.2 Å². The Morgan fingerprint density at radius 2 is 0.885 bits per heavy atom. The monoisotopic (exact) mass is 390 g/mol. The van der Waals surface area contributed by atoms with Crippen molar-refractivity contribution in [3.05, 3.63) is 35.9 Å². The first-order chi connectivity index (χ1) is 12.9. The fourth-order valence-electron chi connectivity index (χ4n) is 1.92. The molecule has 0 bridgehead atoms. The first-order valence-electron chi connectivity index (χ1n) is 9.00.